The molecule has 1 aromatic carbocycles. The van der Waals surface area contributed by atoms with Gasteiger partial charge in [0.05, 0.1) is 23.0 Å². The van der Waals surface area contributed by atoms with Crippen LogP contribution in [-0.2, 0) is 10.0 Å². The molecule has 0 saturated heterocycles. The van der Waals surface area contributed by atoms with E-state index in [9.17, 15) is 8.42 Å². The van der Waals surface area contributed by atoms with Crippen LogP contribution < -0.4 is 9.62 Å². The summed E-state index contributed by atoms with van der Waals surface area (Å²) in [5.74, 6) is 2.50. The van der Waals surface area contributed by atoms with Gasteiger partial charge in [0.15, 0.2) is 17.5 Å². The first kappa shape index (κ1) is 22.7. The van der Waals surface area contributed by atoms with Gasteiger partial charge >= 0.3 is 0 Å². The van der Waals surface area contributed by atoms with Gasteiger partial charge in [-0.3, -0.25) is 14.3 Å². The Morgan fingerprint density at radius 1 is 1.11 bits per heavy atom. The first-order chi connectivity index (χ1) is 16.8. The summed E-state index contributed by atoms with van der Waals surface area (Å²) < 4.78 is 30.5. The SMILES string of the molecule is C=CC1c2nnc(C)n2-c2cnc(-c3ccncc3NS(=O)(=O)c3ccccc3)nc2N1C(C)C. The van der Waals surface area contributed by atoms with Crippen molar-refractivity contribution in [3.05, 3.63) is 79.3 Å². The standard InChI is InChI=1S/C24H24N8O2S/c1-5-20-24-29-28-16(4)32(24)21-14-26-22(27-23(21)31(20)15(2)3)18-11-12-25-13-19(18)30-35(33,34)17-9-7-6-8-10-17/h5-15,20,30H,1H2,2-4H3. The molecule has 1 unspecified atom stereocenters. The van der Waals surface area contributed by atoms with Crippen LogP contribution in [0.5, 0.6) is 0 Å². The number of nitrogens with one attached hydrogen (secondary N) is 1. The monoisotopic (exact) mass is 488 g/mol. The van der Waals surface area contributed by atoms with Crippen molar-refractivity contribution in [2.45, 2.75) is 37.8 Å². The van der Waals surface area contributed by atoms with Crippen molar-refractivity contribution < 1.29 is 8.42 Å². The molecule has 3 aromatic heterocycles. The molecule has 5 rings (SSSR count). The lowest BCUT2D eigenvalue weighted by Crippen LogP contribution is -2.40. The lowest BCUT2D eigenvalue weighted by molar-refractivity contribution is 0.572. The summed E-state index contributed by atoms with van der Waals surface area (Å²) in [6.45, 7) is 10.0. The quantitative estimate of drug-likeness (QED) is 0.408. The summed E-state index contributed by atoms with van der Waals surface area (Å²) in [4.78, 5) is 15.8. The third-order valence-corrected chi connectivity index (χ3v) is 7.17. The minimum Gasteiger partial charge on any atom is -0.339 e. The molecule has 1 aliphatic rings. The van der Waals surface area contributed by atoms with Crippen LogP contribution in [0.25, 0.3) is 17.1 Å². The second-order valence-corrected chi connectivity index (χ2v) is 10.0. The second-order valence-electron chi connectivity index (χ2n) is 8.36. The number of fused-ring (bicyclic) bond motifs is 3. The van der Waals surface area contributed by atoms with Crippen molar-refractivity contribution in [3.8, 4) is 17.1 Å². The Kier molecular flexibility index (Phi) is 5.56. The van der Waals surface area contributed by atoms with E-state index >= 15 is 0 Å². The molecular formula is C24H24N8O2S. The molecule has 0 spiro atoms. The Labute approximate surface area is 203 Å². The molecule has 0 fully saturated rings. The van der Waals surface area contributed by atoms with E-state index in [4.69, 9.17) is 4.98 Å². The molecule has 1 N–H and O–H groups in total. The van der Waals surface area contributed by atoms with Gasteiger partial charge in [-0.05, 0) is 39.0 Å². The second kappa shape index (κ2) is 8.58. The van der Waals surface area contributed by atoms with Gasteiger partial charge in [0, 0.05) is 17.8 Å². The van der Waals surface area contributed by atoms with Crippen LogP contribution in [0.4, 0.5) is 11.5 Å². The Morgan fingerprint density at radius 2 is 1.89 bits per heavy atom. The molecule has 0 saturated carbocycles. The molecule has 4 heterocycles. The minimum atomic E-state index is -3.83. The summed E-state index contributed by atoms with van der Waals surface area (Å²) in [6, 6.07) is 9.68. The van der Waals surface area contributed by atoms with E-state index in [2.05, 4.69) is 50.2 Å². The first-order valence-electron chi connectivity index (χ1n) is 11.0. The van der Waals surface area contributed by atoms with Crippen molar-refractivity contribution in [3.63, 3.8) is 0 Å². The summed E-state index contributed by atoms with van der Waals surface area (Å²) in [6.07, 6.45) is 6.55. The maximum Gasteiger partial charge on any atom is 0.261 e. The Morgan fingerprint density at radius 3 is 2.60 bits per heavy atom. The van der Waals surface area contributed by atoms with Crippen LogP contribution in [0.2, 0.25) is 0 Å². The molecular weight excluding hydrogens is 464 g/mol. The molecule has 35 heavy (non-hydrogen) atoms. The van der Waals surface area contributed by atoms with Crippen molar-refractivity contribution in [1.29, 1.82) is 0 Å². The minimum absolute atomic E-state index is 0.0683. The molecule has 4 aromatic rings. The maximum atomic E-state index is 13.0. The molecule has 11 heteroatoms. The van der Waals surface area contributed by atoms with Gasteiger partial charge < -0.3 is 4.90 Å². The summed E-state index contributed by atoms with van der Waals surface area (Å²) in [7, 11) is -3.83. The number of hydrogen-bond acceptors (Lipinski definition) is 8. The van der Waals surface area contributed by atoms with Crippen molar-refractivity contribution >= 4 is 21.5 Å². The number of aromatic nitrogens is 6. The molecule has 0 radical (unpaired) electrons. The number of hydrogen-bond donors (Lipinski definition) is 1. The Balaban J connectivity index is 1.64. The molecule has 0 bridgehead atoms. The normalized spacial score (nSPS) is 15.0. The van der Waals surface area contributed by atoms with E-state index in [-0.39, 0.29) is 22.7 Å². The molecule has 1 aliphatic heterocycles. The summed E-state index contributed by atoms with van der Waals surface area (Å²) in [5.41, 5.74) is 1.54. The zero-order valence-electron chi connectivity index (χ0n) is 19.5. The lowest BCUT2D eigenvalue weighted by Gasteiger charge is -2.38. The van der Waals surface area contributed by atoms with E-state index in [1.54, 1.807) is 36.7 Å². The largest absolute Gasteiger partial charge is 0.339 e. The smallest absolute Gasteiger partial charge is 0.261 e. The predicted octanol–water partition coefficient (Wildman–Crippen LogP) is 3.68. The topological polar surface area (TPSA) is 119 Å². The van der Waals surface area contributed by atoms with Gasteiger partial charge in [-0.2, -0.15) is 0 Å². The third kappa shape index (κ3) is 3.83. The fourth-order valence-corrected chi connectivity index (χ4v) is 5.31. The highest BCUT2D eigenvalue weighted by molar-refractivity contribution is 7.92. The number of aryl methyl sites for hydroxylation is 1. The highest BCUT2D eigenvalue weighted by Gasteiger charge is 2.35. The van der Waals surface area contributed by atoms with Crippen molar-refractivity contribution in [2.75, 3.05) is 9.62 Å². The predicted molar refractivity (Wildman–Crippen MR) is 133 cm³/mol. The molecule has 178 valence electrons. The van der Waals surface area contributed by atoms with Crippen LogP contribution in [-0.4, -0.2) is 44.2 Å². The number of pyridine rings is 1. The zero-order valence-corrected chi connectivity index (χ0v) is 20.3. The number of anilines is 2. The van der Waals surface area contributed by atoms with Crippen LogP contribution in [0.3, 0.4) is 0 Å². The van der Waals surface area contributed by atoms with E-state index in [0.29, 0.717) is 23.0 Å². The van der Waals surface area contributed by atoms with Crippen LogP contribution in [0, 0.1) is 6.92 Å². The fraction of sp³-hybridized carbons (Fsp3) is 0.208. The fourth-order valence-electron chi connectivity index (χ4n) is 4.23. The lowest BCUT2D eigenvalue weighted by atomic mass is 10.1. The summed E-state index contributed by atoms with van der Waals surface area (Å²) >= 11 is 0. The van der Waals surface area contributed by atoms with Crippen molar-refractivity contribution in [2.24, 2.45) is 0 Å². The average molecular weight is 489 g/mol. The van der Waals surface area contributed by atoms with E-state index in [0.717, 1.165) is 11.5 Å². The first-order valence-corrected chi connectivity index (χ1v) is 12.5. The summed E-state index contributed by atoms with van der Waals surface area (Å²) in [5, 5.41) is 8.61. The van der Waals surface area contributed by atoms with Crippen molar-refractivity contribution in [1.82, 2.24) is 29.7 Å². The van der Waals surface area contributed by atoms with E-state index in [1.165, 1.54) is 18.3 Å². The number of rotatable bonds is 6. The van der Waals surface area contributed by atoms with Gasteiger partial charge in [-0.15, -0.1) is 16.8 Å². The molecule has 1 atom stereocenters. The number of benzene rings is 1. The Bertz CT molecular complexity index is 1520. The maximum absolute atomic E-state index is 13.0. The van der Waals surface area contributed by atoms with Gasteiger partial charge in [-0.25, -0.2) is 18.4 Å². The third-order valence-electron chi connectivity index (χ3n) is 5.79. The van der Waals surface area contributed by atoms with Gasteiger partial charge in [-0.1, -0.05) is 24.3 Å². The molecule has 0 aliphatic carbocycles. The van der Waals surface area contributed by atoms with E-state index in [1.807, 2.05) is 17.6 Å². The zero-order chi connectivity index (χ0) is 24.7. The van der Waals surface area contributed by atoms with Gasteiger partial charge in [0.25, 0.3) is 10.0 Å². The highest BCUT2D eigenvalue weighted by Crippen LogP contribution is 2.40. The van der Waals surface area contributed by atoms with Gasteiger partial charge in [0.1, 0.15) is 17.6 Å². The van der Waals surface area contributed by atoms with Crippen LogP contribution in [0.15, 0.2) is 72.5 Å². The average Bonchev–Trinajstić information content (AvgIpc) is 3.24. The molecule has 0 amide bonds. The number of nitrogens with zero attached hydrogens (tertiary/aromatic N) is 7. The van der Waals surface area contributed by atoms with Crippen LogP contribution >= 0.6 is 0 Å². The molecule has 10 nitrogen and oxygen atoms in total. The van der Waals surface area contributed by atoms with Crippen LogP contribution in [0.1, 0.15) is 31.5 Å². The van der Waals surface area contributed by atoms with E-state index < -0.39 is 10.0 Å². The Hall–Kier alpha value is -4.12. The number of sulfonamides is 1. The van der Waals surface area contributed by atoms with Gasteiger partial charge in [0.2, 0.25) is 0 Å². The highest BCUT2D eigenvalue weighted by atomic mass is 32.2.